The fraction of sp³-hybridized carbons (Fsp3) is 0.120. The topological polar surface area (TPSA) is 60.5 Å². The minimum Gasteiger partial charge on any atom is -0.497 e. The molecule has 0 aliphatic heterocycles. The number of fused-ring (bicyclic) bond motifs is 1. The summed E-state index contributed by atoms with van der Waals surface area (Å²) in [6.45, 7) is -2.89. The van der Waals surface area contributed by atoms with Crippen LogP contribution in [0.3, 0.4) is 0 Å². The summed E-state index contributed by atoms with van der Waals surface area (Å²) in [6, 6.07) is 23.5. The number of nitrogens with one attached hydrogen (secondary N) is 1. The molecule has 0 bridgehead atoms. The van der Waals surface area contributed by atoms with Gasteiger partial charge in [0.15, 0.2) is 0 Å². The van der Waals surface area contributed by atoms with Crippen molar-refractivity contribution in [3.8, 4) is 22.6 Å². The number of benzene rings is 3. The van der Waals surface area contributed by atoms with Crippen LogP contribution in [0, 0.1) is 0 Å². The number of thioether (sulfide) groups is 1. The Labute approximate surface area is 193 Å². The molecular formula is C25H20F2N2O3S. The van der Waals surface area contributed by atoms with E-state index in [-0.39, 0.29) is 17.4 Å². The first-order chi connectivity index (χ1) is 16.0. The van der Waals surface area contributed by atoms with Crippen molar-refractivity contribution in [2.45, 2.75) is 11.6 Å². The van der Waals surface area contributed by atoms with E-state index in [0.717, 1.165) is 22.0 Å². The number of pyridine rings is 1. The van der Waals surface area contributed by atoms with Crippen molar-refractivity contribution in [2.75, 3.05) is 18.2 Å². The molecular weight excluding hydrogens is 446 g/mol. The van der Waals surface area contributed by atoms with Gasteiger partial charge in [-0.3, -0.25) is 4.79 Å². The molecule has 0 spiro atoms. The van der Waals surface area contributed by atoms with Crippen LogP contribution < -0.4 is 14.8 Å². The Bertz CT molecular complexity index is 1250. The number of carbonyl (C=O) groups excluding carboxylic acids is 1. The highest BCUT2D eigenvalue weighted by Gasteiger charge is 2.12. The van der Waals surface area contributed by atoms with Gasteiger partial charge in [0.1, 0.15) is 11.5 Å². The zero-order valence-corrected chi connectivity index (χ0v) is 18.4. The standard InChI is InChI=1S/C25H20F2N2O3S/c1-31-19-11-12-20-21(16-5-3-2-4-6-16)14-24(29-22(20)13-19)33-15-23(30)28-17-7-9-18(10-8-17)32-25(26)27/h2-14,25H,15H2,1H3,(H,28,30). The van der Waals surface area contributed by atoms with E-state index in [0.29, 0.717) is 16.5 Å². The number of nitrogens with zero attached hydrogens (tertiary/aromatic N) is 1. The molecule has 4 rings (SSSR count). The summed E-state index contributed by atoms with van der Waals surface area (Å²) in [5, 5.41) is 4.43. The Morgan fingerprint density at radius 2 is 1.73 bits per heavy atom. The average molecular weight is 467 g/mol. The summed E-state index contributed by atoms with van der Waals surface area (Å²) < 4.78 is 34.2. The highest BCUT2D eigenvalue weighted by molar-refractivity contribution is 7.99. The number of alkyl halides is 2. The third-order valence-corrected chi connectivity index (χ3v) is 5.70. The number of hydrogen-bond acceptors (Lipinski definition) is 5. The van der Waals surface area contributed by atoms with E-state index in [1.807, 2.05) is 54.6 Å². The zero-order chi connectivity index (χ0) is 23.2. The second-order valence-electron chi connectivity index (χ2n) is 7.00. The van der Waals surface area contributed by atoms with Gasteiger partial charge in [0.05, 0.1) is 23.4 Å². The maximum atomic E-state index is 12.4. The van der Waals surface area contributed by atoms with Crippen molar-refractivity contribution in [3.05, 3.63) is 78.9 Å². The number of halogens is 2. The van der Waals surface area contributed by atoms with Crippen LogP contribution in [0.1, 0.15) is 0 Å². The molecule has 0 fully saturated rings. The first kappa shape index (κ1) is 22.5. The fourth-order valence-electron chi connectivity index (χ4n) is 3.30. The number of amides is 1. The van der Waals surface area contributed by atoms with E-state index in [4.69, 9.17) is 9.72 Å². The highest BCUT2D eigenvalue weighted by Crippen LogP contribution is 2.33. The lowest BCUT2D eigenvalue weighted by molar-refractivity contribution is -0.113. The summed E-state index contributed by atoms with van der Waals surface area (Å²) in [5.41, 5.74) is 3.32. The lowest BCUT2D eigenvalue weighted by Gasteiger charge is -2.11. The van der Waals surface area contributed by atoms with Crippen molar-refractivity contribution in [1.82, 2.24) is 4.98 Å². The molecule has 0 atom stereocenters. The van der Waals surface area contributed by atoms with Gasteiger partial charge in [0.2, 0.25) is 5.91 Å². The fourth-order valence-corrected chi connectivity index (χ4v) is 4.01. The number of aromatic nitrogens is 1. The van der Waals surface area contributed by atoms with E-state index < -0.39 is 6.61 Å². The minimum absolute atomic E-state index is 0.0293. The van der Waals surface area contributed by atoms with Gasteiger partial charge in [0.25, 0.3) is 0 Å². The third-order valence-electron chi connectivity index (χ3n) is 4.79. The summed E-state index contributed by atoms with van der Waals surface area (Å²) in [5.74, 6) is 0.623. The lowest BCUT2D eigenvalue weighted by atomic mass is 10.0. The van der Waals surface area contributed by atoms with Gasteiger partial charge in [-0.1, -0.05) is 42.1 Å². The predicted molar refractivity (Wildman–Crippen MR) is 126 cm³/mol. The maximum absolute atomic E-state index is 12.4. The molecule has 4 aromatic rings. The summed E-state index contributed by atoms with van der Waals surface area (Å²) in [6.07, 6.45) is 0. The van der Waals surface area contributed by atoms with Gasteiger partial charge in [-0.2, -0.15) is 8.78 Å². The van der Waals surface area contributed by atoms with Crippen LogP contribution in [0.2, 0.25) is 0 Å². The summed E-state index contributed by atoms with van der Waals surface area (Å²) in [7, 11) is 1.61. The molecule has 33 heavy (non-hydrogen) atoms. The summed E-state index contributed by atoms with van der Waals surface area (Å²) >= 11 is 1.31. The Morgan fingerprint density at radius 3 is 2.42 bits per heavy atom. The number of carbonyl (C=O) groups is 1. The lowest BCUT2D eigenvalue weighted by Crippen LogP contribution is -2.14. The first-order valence-electron chi connectivity index (χ1n) is 10.0. The second kappa shape index (κ2) is 10.3. The number of anilines is 1. The third kappa shape index (κ3) is 5.78. The number of methoxy groups -OCH3 is 1. The Balaban J connectivity index is 1.51. The van der Waals surface area contributed by atoms with Crippen molar-refractivity contribution in [1.29, 1.82) is 0 Å². The summed E-state index contributed by atoms with van der Waals surface area (Å²) in [4.78, 5) is 17.1. The van der Waals surface area contributed by atoms with Gasteiger partial charge >= 0.3 is 6.61 Å². The minimum atomic E-state index is -2.89. The number of rotatable bonds is 8. The van der Waals surface area contributed by atoms with Crippen LogP contribution in [0.15, 0.2) is 83.9 Å². The van der Waals surface area contributed by atoms with E-state index >= 15 is 0 Å². The molecule has 0 unspecified atom stereocenters. The number of ether oxygens (including phenoxy) is 2. The zero-order valence-electron chi connectivity index (χ0n) is 17.6. The monoisotopic (exact) mass is 466 g/mol. The molecule has 0 aliphatic rings. The van der Waals surface area contributed by atoms with Gasteiger partial charge in [-0.15, -0.1) is 0 Å². The van der Waals surface area contributed by atoms with Gasteiger partial charge in [-0.05, 0) is 53.6 Å². The molecule has 0 radical (unpaired) electrons. The smallest absolute Gasteiger partial charge is 0.387 e. The van der Waals surface area contributed by atoms with Crippen molar-refractivity contribution in [3.63, 3.8) is 0 Å². The van der Waals surface area contributed by atoms with Crippen LogP contribution in [-0.2, 0) is 4.79 Å². The van der Waals surface area contributed by atoms with E-state index in [9.17, 15) is 13.6 Å². The van der Waals surface area contributed by atoms with Crippen molar-refractivity contribution >= 4 is 34.3 Å². The maximum Gasteiger partial charge on any atom is 0.387 e. The predicted octanol–water partition coefficient (Wildman–Crippen LogP) is 6.24. The molecule has 1 amide bonds. The van der Waals surface area contributed by atoms with E-state index in [1.165, 1.54) is 36.0 Å². The normalized spacial score (nSPS) is 10.9. The quantitative estimate of drug-likeness (QED) is 0.311. The van der Waals surface area contributed by atoms with Crippen LogP contribution in [0.5, 0.6) is 11.5 Å². The molecule has 1 heterocycles. The molecule has 1 aromatic heterocycles. The molecule has 0 saturated heterocycles. The number of hydrogen-bond donors (Lipinski definition) is 1. The molecule has 168 valence electrons. The van der Waals surface area contributed by atoms with Crippen LogP contribution >= 0.6 is 11.8 Å². The molecule has 3 aromatic carbocycles. The highest BCUT2D eigenvalue weighted by atomic mass is 32.2. The van der Waals surface area contributed by atoms with Crippen molar-refractivity contribution in [2.24, 2.45) is 0 Å². The molecule has 0 saturated carbocycles. The van der Waals surface area contributed by atoms with Gasteiger partial charge in [0, 0.05) is 17.1 Å². The SMILES string of the molecule is COc1ccc2c(-c3ccccc3)cc(SCC(=O)Nc3ccc(OC(F)F)cc3)nc2c1. The second-order valence-corrected chi connectivity index (χ2v) is 7.99. The molecule has 8 heteroatoms. The molecule has 0 aliphatic carbocycles. The Kier molecular flexibility index (Phi) is 7.04. The average Bonchev–Trinajstić information content (AvgIpc) is 2.83. The first-order valence-corrected chi connectivity index (χ1v) is 11.0. The van der Waals surface area contributed by atoms with Crippen LogP contribution in [0.4, 0.5) is 14.5 Å². The Hall–Kier alpha value is -3.65. The Morgan fingerprint density at radius 1 is 1.00 bits per heavy atom. The largest absolute Gasteiger partial charge is 0.497 e. The van der Waals surface area contributed by atoms with Crippen LogP contribution in [-0.4, -0.2) is 30.4 Å². The van der Waals surface area contributed by atoms with Crippen molar-refractivity contribution < 1.29 is 23.0 Å². The van der Waals surface area contributed by atoms with Crippen LogP contribution in [0.25, 0.3) is 22.0 Å². The molecule has 5 nitrogen and oxygen atoms in total. The molecule has 1 N–H and O–H groups in total. The van der Waals surface area contributed by atoms with Gasteiger partial charge < -0.3 is 14.8 Å². The van der Waals surface area contributed by atoms with Gasteiger partial charge in [-0.25, -0.2) is 4.98 Å². The van der Waals surface area contributed by atoms with E-state index in [2.05, 4.69) is 10.1 Å². The van der Waals surface area contributed by atoms with E-state index in [1.54, 1.807) is 7.11 Å².